The van der Waals surface area contributed by atoms with Crippen molar-refractivity contribution in [2.45, 2.75) is 26.2 Å². The Morgan fingerprint density at radius 2 is 2.10 bits per heavy atom. The van der Waals surface area contributed by atoms with Gasteiger partial charge in [0.25, 0.3) is 0 Å². The van der Waals surface area contributed by atoms with Crippen molar-refractivity contribution in [3.63, 3.8) is 0 Å². The van der Waals surface area contributed by atoms with Crippen LogP contribution in [0.1, 0.15) is 26.2 Å². The highest BCUT2D eigenvalue weighted by Crippen LogP contribution is 2.31. The van der Waals surface area contributed by atoms with E-state index in [1.54, 1.807) is 19.1 Å². The summed E-state index contributed by atoms with van der Waals surface area (Å²) in [6, 6.07) is 4.91. The normalized spacial score (nSPS) is 10.3. The largest absolute Gasteiger partial charge is 0.487 e. The molecule has 0 amide bonds. The number of unbranched alkanes of at least 4 members (excludes halogenated alkanes) is 2. The highest BCUT2D eigenvalue weighted by molar-refractivity contribution is 5.59. The second-order valence-corrected chi connectivity index (χ2v) is 4.55. The monoisotopic (exact) mass is 282 g/mol. The van der Waals surface area contributed by atoms with Gasteiger partial charge in [-0.25, -0.2) is 0 Å². The first-order valence-corrected chi connectivity index (χ1v) is 6.83. The van der Waals surface area contributed by atoms with E-state index in [2.05, 4.69) is 0 Å². The molecule has 0 spiro atoms. The first-order chi connectivity index (χ1) is 9.60. The number of ether oxygens (including phenoxy) is 1. The Balaban J connectivity index is 2.74. The molecule has 0 saturated carbocycles. The third-order valence-corrected chi connectivity index (χ3v) is 3.03. The number of aliphatic hydroxyl groups is 1. The van der Waals surface area contributed by atoms with Gasteiger partial charge >= 0.3 is 5.69 Å². The topological polar surface area (TPSA) is 75.8 Å². The molecule has 20 heavy (non-hydrogen) atoms. The molecule has 0 atom stereocenters. The van der Waals surface area contributed by atoms with E-state index in [1.807, 2.05) is 11.9 Å². The average molecular weight is 282 g/mol. The number of nitro groups is 1. The smallest absolute Gasteiger partial charge is 0.311 e. The Kier molecular flexibility index (Phi) is 6.79. The lowest BCUT2D eigenvalue weighted by atomic mass is 10.2. The summed E-state index contributed by atoms with van der Waals surface area (Å²) >= 11 is 0. The van der Waals surface area contributed by atoms with E-state index >= 15 is 0 Å². The van der Waals surface area contributed by atoms with Crippen molar-refractivity contribution >= 4 is 11.4 Å². The number of hydrogen-bond acceptors (Lipinski definition) is 5. The van der Waals surface area contributed by atoms with E-state index in [0.717, 1.165) is 31.5 Å². The van der Waals surface area contributed by atoms with Crippen molar-refractivity contribution < 1.29 is 14.8 Å². The van der Waals surface area contributed by atoms with Gasteiger partial charge in [-0.1, -0.05) is 0 Å². The molecule has 1 N–H and O–H groups in total. The second kappa shape index (κ2) is 8.37. The molecule has 6 nitrogen and oxygen atoms in total. The summed E-state index contributed by atoms with van der Waals surface area (Å²) in [5.41, 5.74) is 0.882. The fraction of sp³-hybridized carbons (Fsp3) is 0.571. The molecular weight excluding hydrogens is 260 g/mol. The van der Waals surface area contributed by atoms with Gasteiger partial charge in [0.1, 0.15) is 0 Å². The molecule has 0 aromatic heterocycles. The Morgan fingerprint density at radius 3 is 2.70 bits per heavy atom. The zero-order valence-corrected chi connectivity index (χ0v) is 12.0. The van der Waals surface area contributed by atoms with Crippen molar-refractivity contribution in [3.05, 3.63) is 28.3 Å². The van der Waals surface area contributed by atoms with E-state index in [1.165, 1.54) is 6.07 Å². The minimum atomic E-state index is -0.435. The SMILES string of the molecule is CCOc1cc(N(C)CCCCCO)ccc1[N+](=O)[O-]. The standard InChI is InChI=1S/C14H22N2O4/c1-3-20-14-11-12(7-8-13(14)16(18)19)15(2)9-5-4-6-10-17/h7-8,11,17H,3-6,9-10H2,1-2H3. The molecule has 112 valence electrons. The van der Waals surface area contributed by atoms with Crippen LogP contribution in [0, 0.1) is 10.1 Å². The zero-order chi connectivity index (χ0) is 15.0. The molecule has 1 aromatic rings. The predicted octanol–water partition coefficient (Wildman–Crippen LogP) is 2.59. The molecule has 0 saturated heterocycles. The van der Waals surface area contributed by atoms with E-state index in [4.69, 9.17) is 9.84 Å². The summed E-state index contributed by atoms with van der Waals surface area (Å²) in [7, 11) is 1.94. The summed E-state index contributed by atoms with van der Waals surface area (Å²) in [5.74, 6) is 0.303. The molecule has 0 fully saturated rings. The lowest BCUT2D eigenvalue weighted by Crippen LogP contribution is -2.18. The lowest BCUT2D eigenvalue weighted by Gasteiger charge is -2.20. The summed E-state index contributed by atoms with van der Waals surface area (Å²) in [4.78, 5) is 12.5. The van der Waals surface area contributed by atoms with Gasteiger partial charge in [0.15, 0.2) is 5.75 Å². The molecule has 0 radical (unpaired) electrons. The quantitative estimate of drug-likeness (QED) is 0.428. The average Bonchev–Trinajstić information content (AvgIpc) is 2.43. The van der Waals surface area contributed by atoms with E-state index in [0.29, 0.717) is 12.4 Å². The molecule has 0 aliphatic heterocycles. The Labute approximate surface area is 119 Å². The number of benzene rings is 1. The van der Waals surface area contributed by atoms with Crippen LogP contribution in [0.25, 0.3) is 0 Å². The minimum absolute atomic E-state index is 0.00993. The maximum Gasteiger partial charge on any atom is 0.311 e. The fourth-order valence-corrected chi connectivity index (χ4v) is 1.93. The summed E-state index contributed by atoms with van der Waals surface area (Å²) in [6.45, 7) is 3.25. The van der Waals surface area contributed by atoms with Crippen molar-refractivity contribution in [1.29, 1.82) is 0 Å². The van der Waals surface area contributed by atoms with Gasteiger partial charge in [-0.05, 0) is 32.3 Å². The van der Waals surface area contributed by atoms with Crippen molar-refractivity contribution in [2.75, 3.05) is 31.7 Å². The summed E-state index contributed by atoms with van der Waals surface area (Å²) in [6.07, 6.45) is 2.74. The van der Waals surface area contributed by atoms with Gasteiger partial charge in [-0.15, -0.1) is 0 Å². The van der Waals surface area contributed by atoms with Crippen LogP contribution >= 0.6 is 0 Å². The van der Waals surface area contributed by atoms with Crippen LogP contribution < -0.4 is 9.64 Å². The lowest BCUT2D eigenvalue weighted by molar-refractivity contribution is -0.385. The first-order valence-electron chi connectivity index (χ1n) is 6.83. The van der Waals surface area contributed by atoms with Crippen LogP contribution in [0.4, 0.5) is 11.4 Å². The van der Waals surface area contributed by atoms with Gasteiger partial charge < -0.3 is 14.7 Å². The van der Waals surface area contributed by atoms with Gasteiger partial charge in [0.05, 0.1) is 11.5 Å². The molecule has 0 bridgehead atoms. The summed E-state index contributed by atoms with van der Waals surface area (Å²) in [5, 5.41) is 19.6. The number of anilines is 1. The number of nitrogens with zero attached hydrogens (tertiary/aromatic N) is 2. The predicted molar refractivity (Wildman–Crippen MR) is 78.5 cm³/mol. The van der Waals surface area contributed by atoms with Crippen LogP contribution in [-0.4, -0.2) is 36.8 Å². The Morgan fingerprint density at radius 1 is 1.35 bits per heavy atom. The third kappa shape index (κ3) is 4.70. The molecule has 0 aliphatic rings. The van der Waals surface area contributed by atoms with Crippen LogP contribution in [0.5, 0.6) is 5.75 Å². The molecule has 0 aliphatic carbocycles. The number of rotatable bonds is 9. The fourth-order valence-electron chi connectivity index (χ4n) is 1.93. The Hall–Kier alpha value is -1.82. The molecule has 0 unspecified atom stereocenters. The minimum Gasteiger partial charge on any atom is -0.487 e. The molecule has 1 rings (SSSR count). The van der Waals surface area contributed by atoms with Gasteiger partial charge in [0.2, 0.25) is 0 Å². The molecule has 1 aromatic carbocycles. The molecule has 0 heterocycles. The van der Waals surface area contributed by atoms with Gasteiger partial charge in [-0.2, -0.15) is 0 Å². The highest BCUT2D eigenvalue weighted by Gasteiger charge is 2.16. The van der Waals surface area contributed by atoms with Crippen molar-refractivity contribution in [2.24, 2.45) is 0 Å². The first kappa shape index (κ1) is 16.2. The highest BCUT2D eigenvalue weighted by atomic mass is 16.6. The van der Waals surface area contributed by atoms with E-state index in [-0.39, 0.29) is 12.3 Å². The molecule has 6 heteroatoms. The van der Waals surface area contributed by atoms with Gasteiger partial charge in [-0.3, -0.25) is 10.1 Å². The van der Waals surface area contributed by atoms with Crippen LogP contribution in [0.3, 0.4) is 0 Å². The van der Waals surface area contributed by atoms with Crippen molar-refractivity contribution in [1.82, 2.24) is 0 Å². The Bertz CT molecular complexity index is 437. The van der Waals surface area contributed by atoms with Crippen LogP contribution in [0.15, 0.2) is 18.2 Å². The zero-order valence-electron chi connectivity index (χ0n) is 12.0. The summed E-state index contributed by atoms with van der Waals surface area (Å²) < 4.78 is 5.33. The molecular formula is C14H22N2O4. The van der Waals surface area contributed by atoms with E-state index < -0.39 is 4.92 Å². The second-order valence-electron chi connectivity index (χ2n) is 4.55. The third-order valence-electron chi connectivity index (χ3n) is 3.03. The van der Waals surface area contributed by atoms with E-state index in [9.17, 15) is 10.1 Å². The number of aliphatic hydroxyl groups excluding tert-OH is 1. The number of nitro benzene ring substituents is 1. The van der Waals surface area contributed by atoms with Crippen LogP contribution in [0.2, 0.25) is 0 Å². The maximum atomic E-state index is 10.9. The number of hydrogen-bond donors (Lipinski definition) is 1. The van der Waals surface area contributed by atoms with Crippen molar-refractivity contribution in [3.8, 4) is 5.75 Å². The van der Waals surface area contributed by atoms with Gasteiger partial charge in [0, 0.05) is 38.0 Å². The maximum absolute atomic E-state index is 10.9. The van der Waals surface area contributed by atoms with Crippen LogP contribution in [-0.2, 0) is 0 Å².